The predicted octanol–water partition coefficient (Wildman–Crippen LogP) is 3.32. The van der Waals surface area contributed by atoms with E-state index in [-0.39, 0.29) is 5.41 Å². The summed E-state index contributed by atoms with van der Waals surface area (Å²) in [7, 11) is 0. The number of ether oxygens (including phenoxy) is 4. The van der Waals surface area contributed by atoms with Gasteiger partial charge in [0.2, 0.25) is 0 Å². The van der Waals surface area contributed by atoms with E-state index in [1.165, 1.54) is 0 Å². The topological polar surface area (TPSA) is 87.3 Å². The second kappa shape index (κ2) is 8.11. The van der Waals surface area contributed by atoms with Gasteiger partial charge in [-0.15, -0.1) is 0 Å². The molecule has 29 heavy (non-hydrogen) atoms. The molecule has 2 aromatic rings. The summed E-state index contributed by atoms with van der Waals surface area (Å²) in [6.45, 7) is 7.24. The molecule has 7 heteroatoms. The smallest absolute Gasteiger partial charge is 0.193 e. The number of hydrogen-bond donors (Lipinski definition) is 2. The van der Waals surface area contributed by atoms with Crippen LogP contribution < -0.4 is 30.0 Å². The van der Waals surface area contributed by atoms with E-state index in [0.717, 1.165) is 40.7 Å². The van der Waals surface area contributed by atoms with Gasteiger partial charge in [-0.05, 0) is 29.8 Å². The zero-order chi connectivity index (χ0) is 20.3. The van der Waals surface area contributed by atoms with Crippen molar-refractivity contribution in [2.45, 2.75) is 25.7 Å². The maximum atomic E-state index is 6.13. The molecule has 0 saturated carbocycles. The quantitative estimate of drug-likeness (QED) is 0.608. The van der Waals surface area contributed by atoms with Crippen molar-refractivity contribution in [3.8, 4) is 23.0 Å². The van der Waals surface area contributed by atoms with Crippen LogP contribution in [0.15, 0.2) is 41.4 Å². The Morgan fingerprint density at radius 3 is 2.31 bits per heavy atom. The van der Waals surface area contributed by atoms with Crippen LogP contribution in [0.25, 0.3) is 0 Å². The molecule has 2 aliphatic rings. The zero-order valence-corrected chi connectivity index (χ0v) is 16.9. The van der Waals surface area contributed by atoms with Crippen LogP contribution in [-0.2, 0) is 5.41 Å². The van der Waals surface area contributed by atoms with E-state index < -0.39 is 0 Å². The third-order valence-electron chi connectivity index (χ3n) is 4.99. The van der Waals surface area contributed by atoms with Crippen LogP contribution in [0.3, 0.4) is 0 Å². The molecule has 0 atom stereocenters. The van der Waals surface area contributed by atoms with Crippen molar-refractivity contribution in [1.82, 2.24) is 0 Å². The number of anilines is 1. The lowest BCUT2D eigenvalue weighted by Gasteiger charge is -2.26. The Kier molecular flexibility index (Phi) is 5.38. The zero-order valence-electron chi connectivity index (χ0n) is 16.9. The maximum Gasteiger partial charge on any atom is 0.193 e. The van der Waals surface area contributed by atoms with Gasteiger partial charge < -0.3 is 30.0 Å². The van der Waals surface area contributed by atoms with Crippen LogP contribution in [0.2, 0.25) is 0 Å². The summed E-state index contributed by atoms with van der Waals surface area (Å²) in [6, 6.07) is 11.7. The van der Waals surface area contributed by atoms with Crippen molar-refractivity contribution in [1.29, 1.82) is 0 Å². The Bertz CT molecular complexity index is 911. The average Bonchev–Trinajstić information content (AvgIpc) is 2.97. The molecule has 0 spiro atoms. The molecule has 0 amide bonds. The first-order valence-corrected chi connectivity index (χ1v) is 9.88. The van der Waals surface area contributed by atoms with E-state index in [2.05, 4.69) is 30.2 Å². The molecule has 0 aromatic heterocycles. The lowest BCUT2D eigenvalue weighted by atomic mass is 9.84. The van der Waals surface area contributed by atoms with Gasteiger partial charge in [-0.3, -0.25) is 4.99 Å². The Labute approximate surface area is 170 Å². The highest BCUT2D eigenvalue weighted by Crippen LogP contribution is 2.35. The summed E-state index contributed by atoms with van der Waals surface area (Å²) in [4.78, 5) is 4.55. The van der Waals surface area contributed by atoms with Gasteiger partial charge in [-0.2, -0.15) is 0 Å². The first-order valence-electron chi connectivity index (χ1n) is 9.88. The molecule has 2 heterocycles. The van der Waals surface area contributed by atoms with E-state index in [9.17, 15) is 0 Å². The van der Waals surface area contributed by atoms with Gasteiger partial charge >= 0.3 is 0 Å². The Hall–Kier alpha value is -3.09. The lowest BCUT2D eigenvalue weighted by molar-refractivity contribution is 0.171. The van der Waals surface area contributed by atoms with Crippen LogP contribution in [0.4, 0.5) is 5.69 Å². The van der Waals surface area contributed by atoms with Crippen LogP contribution in [0.5, 0.6) is 23.0 Å². The van der Waals surface area contributed by atoms with E-state index >= 15 is 0 Å². The van der Waals surface area contributed by atoms with Crippen molar-refractivity contribution in [2.75, 3.05) is 38.3 Å². The molecule has 2 aromatic carbocycles. The lowest BCUT2D eigenvalue weighted by Crippen LogP contribution is -2.28. The van der Waals surface area contributed by atoms with Gasteiger partial charge in [0.05, 0.1) is 19.8 Å². The number of rotatable bonds is 4. The number of hydrogen-bond acceptors (Lipinski definition) is 5. The molecule has 0 bridgehead atoms. The van der Waals surface area contributed by atoms with Crippen LogP contribution in [-0.4, -0.2) is 38.9 Å². The average molecular weight is 397 g/mol. The molecule has 0 aliphatic carbocycles. The van der Waals surface area contributed by atoms with E-state index in [1.807, 2.05) is 30.3 Å². The highest BCUT2D eigenvalue weighted by atomic mass is 16.6. The molecule has 0 saturated heterocycles. The molecule has 0 fully saturated rings. The molecule has 0 unspecified atom stereocenters. The third-order valence-corrected chi connectivity index (χ3v) is 4.99. The fourth-order valence-corrected chi connectivity index (χ4v) is 3.27. The van der Waals surface area contributed by atoms with Crippen LogP contribution in [0.1, 0.15) is 25.8 Å². The summed E-state index contributed by atoms with van der Waals surface area (Å²) < 4.78 is 22.7. The number of aliphatic imine (C=N–C) groups is 1. The molecular formula is C22H27N3O4. The summed E-state index contributed by atoms with van der Waals surface area (Å²) in [6.07, 6.45) is 0.871. The number of benzene rings is 2. The molecule has 7 nitrogen and oxygen atoms in total. The Morgan fingerprint density at radius 2 is 1.52 bits per heavy atom. The second-order valence-corrected chi connectivity index (χ2v) is 7.78. The van der Waals surface area contributed by atoms with Crippen molar-refractivity contribution in [3.63, 3.8) is 0 Å². The Balaban J connectivity index is 1.43. The predicted molar refractivity (Wildman–Crippen MR) is 113 cm³/mol. The summed E-state index contributed by atoms with van der Waals surface area (Å²) in [5.41, 5.74) is 7.85. The molecule has 3 N–H and O–H groups in total. The standard InChI is InChI=1S/C22H27N3O4/c1-22(2,15-4-6-17-19(12-15)29-11-10-28-17)14-24-21(23)25-16-5-7-18-20(13-16)27-9-3-8-26-18/h4-7,12-13H,3,8-11,14H2,1-2H3,(H3,23,24,25). The molecule has 0 radical (unpaired) electrons. The van der Waals surface area contributed by atoms with Gasteiger partial charge in [0.25, 0.3) is 0 Å². The summed E-state index contributed by atoms with van der Waals surface area (Å²) in [5, 5.41) is 3.13. The van der Waals surface area contributed by atoms with E-state index in [4.69, 9.17) is 24.7 Å². The maximum absolute atomic E-state index is 6.13. The summed E-state index contributed by atoms with van der Waals surface area (Å²) in [5.74, 6) is 3.39. The highest BCUT2D eigenvalue weighted by molar-refractivity contribution is 5.92. The van der Waals surface area contributed by atoms with Gasteiger partial charge in [0.15, 0.2) is 29.0 Å². The van der Waals surface area contributed by atoms with E-state index in [1.54, 1.807) is 0 Å². The fraction of sp³-hybridized carbons (Fsp3) is 0.409. The number of nitrogens with zero attached hydrogens (tertiary/aromatic N) is 1. The third kappa shape index (κ3) is 4.50. The number of guanidine groups is 1. The van der Waals surface area contributed by atoms with E-state index in [0.29, 0.717) is 38.9 Å². The minimum Gasteiger partial charge on any atom is -0.490 e. The number of nitrogens with two attached hydrogens (primary N) is 1. The Morgan fingerprint density at radius 1 is 0.897 bits per heavy atom. The summed E-state index contributed by atoms with van der Waals surface area (Å²) >= 11 is 0. The minimum atomic E-state index is -0.215. The molecular weight excluding hydrogens is 370 g/mol. The van der Waals surface area contributed by atoms with Crippen molar-refractivity contribution in [3.05, 3.63) is 42.0 Å². The normalized spacial score (nSPS) is 16.1. The van der Waals surface area contributed by atoms with Gasteiger partial charge in [0, 0.05) is 23.6 Å². The number of fused-ring (bicyclic) bond motifs is 2. The first-order chi connectivity index (χ1) is 14.0. The molecule has 2 aliphatic heterocycles. The van der Waals surface area contributed by atoms with Gasteiger partial charge in [-0.1, -0.05) is 19.9 Å². The van der Waals surface area contributed by atoms with Crippen LogP contribution >= 0.6 is 0 Å². The number of nitrogens with one attached hydrogen (secondary N) is 1. The monoisotopic (exact) mass is 397 g/mol. The SMILES string of the molecule is CC(C)(CN=C(N)Nc1ccc2c(c1)OCCCO2)c1ccc2c(c1)OCCO2. The molecule has 4 rings (SSSR count). The van der Waals surface area contributed by atoms with Gasteiger partial charge in [-0.25, -0.2) is 0 Å². The highest BCUT2D eigenvalue weighted by Gasteiger charge is 2.23. The minimum absolute atomic E-state index is 0.215. The second-order valence-electron chi connectivity index (χ2n) is 7.78. The van der Waals surface area contributed by atoms with Crippen molar-refractivity contribution < 1.29 is 18.9 Å². The van der Waals surface area contributed by atoms with Crippen LogP contribution in [0, 0.1) is 0 Å². The van der Waals surface area contributed by atoms with Crippen molar-refractivity contribution in [2.24, 2.45) is 10.7 Å². The van der Waals surface area contributed by atoms with Gasteiger partial charge in [0.1, 0.15) is 13.2 Å². The fourth-order valence-electron chi connectivity index (χ4n) is 3.27. The van der Waals surface area contributed by atoms with Crippen molar-refractivity contribution >= 4 is 11.6 Å². The molecule has 154 valence electrons. The first kappa shape index (κ1) is 19.2. The largest absolute Gasteiger partial charge is 0.490 e.